The first-order chi connectivity index (χ1) is 12.6. The van der Waals surface area contributed by atoms with E-state index in [9.17, 15) is 4.79 Å². The van der Waals surface area contributed by atoms with E-state index in [1.807, 2.05) is 35.7 Å². The third kappa shape index (κ3) is 3.54. The molecule has 6 heteroatoms. The molecule has 0 bridgehead atoms. The van der Waals surface area contributed by atoms with Crippen LogP contribution in [0.3, 0.4) is 0 Å². The van der Waals surface area contributed by atoms with Gasteiger partial charge in [-0.15, -0.1) is 11.3 Å². The fraction of sp³-hybridized carbons (Fsp3) is 0.150. The topological polar surface area (TPSA) is 44.8 Å². The first-order valence-corrected chi connectivity index (χ1v) is 9.02. The Morgan fingerprint density at radius 2 is 1.50 bits per heavy atom. The maximum atomic E-state index is 12.9. The molecule has 0 N–H and O–H groups in total. The molecule has 1 aromatic heterocycles. The van der Waals surface area contributed by atoms with Gasteiger partial charge in [-0.1, -0.05) is 23.7 Å². The number of ether oxygens (including phenoxy) is 3. The second kappa shape index (κ2) is 7.81. The molecule has 0 saturated heterocycles. The summed E-state index contributed by atoms with van der Waals surface area (Å²) in [7, 11) is 4.57. The molecule has 0 saturated carbocycles. The minimum atomic E-state index is -0.102. The number of halogens is 1. The van der Waals surface area contributed by atoms with Crippen LogP contribution in [0.4, 0.5) is 0 Å². The summed E-state index contributed by atoms with van der Waals surface area (Å²) in [5, 5.41) is 2.63. The van der Waals surface area contributed by atoms with Gasteiger partial charge in [-0.25, -0.2) is 0 Å². The van der Waals surface area contributed by atoms with Crippen LogP contribution in [0.5, 0.6) is 17.2 Å². The number of carbonyl (C=O) groups excluding carboxylic acids is 1. The van der Waals surface area contributed by atoms with Crippen LogP contribution in [-0.4, -0.2) is 27.1 Å². The molecule has 134 valence electrons. The van der Waals surface area contributed by atoms with E-state index in [4.69, 9.17) is 25.8 Å². The summed E-state index contributed by atoms with van der Waals surface area (Å²) >= 11 is 7.32. The Bertz CT molecular complexity index is 906. The van der Waals surface area contributed by atoms with Gasteiger partial charge in [-0.3, -0.25) is 4.79 Å². The first kappa shape index (κ1) is 18.3. The van der Waals surface area contributed by atoms with Gasteiger partial charge in [0.15, 0.2) is 11.5 Å². The Hall–Kier alpha value is -2.50. The number of hydrogen-bond donors (Lipinski definition) is 0. The molecule has 3 aromatic rings. The van der Waals surface area contributed by atoms with Crippen LogP contribution in [0.15, 0.2) is 47.8 Å². The highest BCUT2D eigenvalue weighted by molar-refractivity contribution is 7.12. The van der Waals surface area contributed by atoms with Gasteiger partial charge in [-0.2, -0.15) is 0 Å². The molecule has 0 unspecified atom stereocenters. The summed E-state index contributed by atoms with van der Waals surface area (Å²) in [6.45, 7) is 0. The van der Waals surface area contributed by atoms with Gasteiger partial charge in [0, 0.05) is 10.6 Å². The van der Waals surface area contributed by atoms with Crippen molar-refractivity contribution < 1.29 is 19.0 Å². The fourth-order valence-electron chi connectivity index (χ4n) is 2.60. The van der Waals surface area contributed by atoms with Crippen LogP contribution in [0.2, 0.25) is 5.02 Å². The number of ketones is 1. The maximum absolute atomic E-state index is 12.9. The van der Waals surface area contributed by atoms with Gasteiger partial charge in [0.1, 0.15) is 0 Å². The third-order valence-corrected chi connectivity index (χ3v) is 5.11. The lowest BCUT2D eigenvalue weighted by atomic mass is 10.1. The standard InChI is InChI=1S/C20H17ClO4S/c1-23-16-8-13(9-17(24-2)20(16)25-3)19(22)18-10-14(11-26-18)12-4-6-15(21)7-5-12/h4-11H,1-3H3. The minimum absolute atomic E-state index is 0.102. The summed E-state index contributed by atoms with van der Waals surface area (Å²) < 4.78 is 16.0. The number of methoxy groups -OCH3 is 3. The van der Waals surface area contributed by atoms with Gasteiger partial charge in [0.25, 0.3) is 0 Å². The number of rotatable bonds is 6. The van der Waals surface area contributed by atoms with Gasteiger partial charge in [0.05, 0.1) is 26.2 Å². The van der Waals surface area contributed by atoms with Crippen molar-refractivity contribution in [3.05, 3.63) is 63.3 Å². The van der Waals surface area contributed by atoms with Gasteiger partial charge in [0.2, 0.25) is 11.5 Å². The van der Waals surface area contributed by atoms with E-state index in [1.165, 1.54) is 32.7 Å². The largest absolute Gasteiger partial charge is 0.493 e. The van der Waals surface area contributed by atoms with Crippen LogP contribution in [0.1, 0.15) is 15.2 Å². The average molecular weight is 389 g/mol. The molecule has 0 radical (unpaired) electrons. The highest BCUT2D eigenvalue weighted by Crippen LogP contribution is 2.39. The van der Waals surface area contributed by atoms with Crippen molar-refractivity contribution >= 4 is 28.7 Å². The number of hydrogen-bond acceptors (Lipinski definition) is 5. The lowest BCUT2D eigenvalue weighted by molar-refractivity contribution is 0.104. The molecule has 0 aliphatic heterocycles. The van der Waals surface area contributed by atoms with E-state index >= 15 is 0 Å². The van der Waals surface area contributed by atoms with Crippen molar-refractivity contribution in [1.82, 2.24) is 0 Å². The Kier molecular flexibility index (Phi) is 5.49. The highest BCUT2D eigenvalue weighted by atomic mass is 35.5. The summed E-state index contributed by atoms with van der Waals surface area (Å²) in [4.78, 5) is 13.5. The number of thiophene rings is 1. The van der Waals surface area contributed by atoms with E-state index in [2.05, 4.69) is 0 Å². The predicted octanol–water partition coefficient (Wildman–Crippen LogP) is 5.33. The molecule has 1 heterocycles. The molecule has 4 nitrogen and oxygen atoms in total. The Morgan fingerprint density at radius 1 is 0.885 bits per heavy atom. The summed E-state index contributed by atoms with van der Waals surface area (Å²) in [5.41, 5.74) is 2.46. The van der Waals surface area contributed by atoms with Crippen molar-refractivity contribution in [3.63, 3.8) is 0 Å². The zero-order valence-corrected chi connectivity index (χ0v) is 16.1. The highest BCUT2D eigenvalue weighted by Gasteiger charge is 2.19. The fourth-order valence-corrected chi connectivity index (χ4v) is 3.61. The predicted molar refractivity (Wildman–Crippen MR) is 104 cm³/mol. The molecule has 3 rings (SSSR count). The van der Waals surface area contributed by atoms with Crippen LogP contribution in [0, 0.1) is 0 Å². The summed E-state index contributed by atoms with van der Waals surface area (Å²) in [6.07, 6.45) is 0. The van der Waals surface area contributed by atoms with Crippen LogP contribution in [-0.2, 0) is 0 Å². The van der Waals surface area contributed by atoms with Gasteiger partial charge >= 0.3 is 0 Å². The number of benzene rings is 2. The van der Waals surface area contributed by atoms with E-state index in [0.29, 0.717) is 32.7 Å². The van der Waals surface area contributed by atoms with Crippen LogP contribution in [0.25, 0.3) is 11.1 Å². The maximum Gasteiger partial charge on any atom is 0.203 e. The molecule has 0 aliphatic rings. The number of carbonyl (C=O) groups is 1. The zero-order chi connectivity index (χ0) is 18.7. The van der Waals surface area contributed by atoms with Crippen molar-refractivity contribution in [2.24, 2.45) is 0 Å². The van der Waals surface area contributed by atoms with Gasteiger partial charge < -0.3 is 14.2 Å². The smallest absolute Gasteiger partial charge is 0.203 e. The van der Waals surface area contributed by atoms with Gasteiger partial charge in [-0.05, 0) is 46.8 Å². The van der Waals surface area contributed by atoms with Crippen molar-refractivity contribution in [3.8, 4) is 28.4 Å². The van der Waals surface area contributed by atoms with Crippen LogP contribution >= 0.6 is 22.9 Å². The quantitative estimate of drug-likeness (QED) is 0.536. The summed E-state index contributed by atoms with van der Waals surface area (Å²) in [6, 6.07) is 12.7. The molecule has 0 atom stereocenters. The molecule has 2 aromatic carbocycles. The molecule has 0 fully saturated rings. The normalized spacial score (nSPS) is 10.5. The van der Waals surface area contributed by atoms with Crippen LogP contribution < -0.4 is 14.2 Å². The molecule has 26 heavy (non-hydrogen) atoms. The second-order valence-electron chi connectivity index (χ2n) is 5.45. The van der Waals surface area contributed by atoms with E-state index < -0.39 is 0 Å². The SMILES string of the molecule is COc1cc(C(=O)c2cc(-c3ccc(Cl)cc3)cs2)cc(OC)c1OC. The molecule has 0 aliphatic carbocycles. The average Bonchev–Trinajstić information content (AvgIpc) is 3.16. The minimum Gasteiger partial charge on any atom is -0.493 e. The third-order valence-electron chi connectivity index (χ3n) is 3.93. The zero-order valence-electron chi connectivity index (χ0n) is 14.5. The summed E-state index contributed by atoms with van der Waals surface area (Å²) in [5.74, 6) is 1.25. The van der Waals surface area contributed by atoms with Crippen molar-refractivity contribution in [2.75, 3.05) is 21.3 Å². The van der Waals surface area contributed by atoms with E-state index in [0.717, 1.165) is 11.1 Å². The molecule has 0 spiro atoms. The van der Waals surface area contributed by atoms with Crippen molar-refractivity contribution in [2.45, 2.75) is 0 Å². The lowest BCUT2D eigenvalue weighted by Gasteiger charge is -2.13. The molecule has 0 amide bonds. The monoisotopic (exact) mass is 388 g/mol. The van der Waals surface area contributed by atoms with Crippen molar-refractivity contribution in [1.29, 1.82) is 0 Å². The Morgan fingerprint density at radius 3 is 2.04 bits per heavy atom. The first-order valence-electron chi connectivity index (χ1n) is 7.76. The van der Waals surface area contributed by atoms with E-state index in [1.54, 1.807) is 12.1 Å². The lowest BCUT2D eigenvalue weighted by Crippen LogP contribution is -2.02. The Balaban J connectivity index is 1.96. The molecular weight excluding hydrogens is 372 g/mol. The second-order valence-corrected chi connectivity index (χ2v) is 6.80. The van der Waals surface area contributed by atoms with E-state index in [-0.39, 0.29) is 5.78 Å². The molecular formula is C20H17ClO4S. The Labute approximate surface area is 160 Å².